The third-order valence-corrected chi connectivity index (χ3v) is 3.10. The number of ketones is 1. The Hall–Kier alpha value is -1.54. The summed E-state index contributed by atoms with van der Waals surface area (Å²) in [6.45, 7) is 5.72. The van der Waals surface area contributed by atoms with Crippen molar-refractivity contribution < 1.29 is 9.21 Å². The van der Waals surface area contributed by atoms with Gasteiger partial charge in [0.2, 0.25) is 5.78 Å². The van der Waals surface area contributed by atoms with Crippen LogP contribution >= 0.6 is 11.6 Å². The number of carbonyl (C=O) groups is 1. The molecule has 0 atom stereocenters. The molecular weight excluding hydrogens is 236 g/mol. The van der Waals surface area contributed by atoms with E-state index in [-0.39, 0.29) is 5.78 Å². The van der Waals surface area contributed by atoms with Crippen molar-refractivity contribution >= 4 is 17.4 Å². The molecule has 1 aromatic carbocycles. The lowest BCUT2D eigenvalue weighted by Gasteiger charge is -2.06. The fourth-order valence-electron chi connectivity index (χ4n) is 1.64. The predicted molar refractivity (Wildman–Crippen MR) is 67.8 cm³/mol. The summed E-state index contributed by atoms with van der Waals surface area (Å²) in [5, 5.41) is 0.465. The number of carbonyl (C=O) groups excluding carboxylic acids is 1. The molecule has 17 heavy (non-hydrogen) atoms. The molecule has 2 nitrogen and oxygen atoms in total. The van der Waals surface area contributed by atoms with Crippen LogP contribution < -0.4 is 0 Å². The number of halogens is 1. The standard InChI is InChI=1S/C14H13ClO2/c1-8-6-11(12(15)7-9(8)2)14(16)13-5-4-10(3)17-13/h4-7H,1-3H3. The molecule has 0 N–H and O–H groups in total. The Morgan fingerprint density at radius 1 is 1.12 bits per heavy atom. The number of aryl methyl sites for hydroxylation is 3. The van der Waals surface area contributed by atoms with Gasteiger partial charge in [0.15, 0.2) is 5.76 Å². The van der Waals surface area contributed by atoms with Crippen LogP contribution in [-0.2, 0) is 0 Å². The first-order valence-corrected chi connectivity index (χ1v) is 5.74. The molecule has 0 bridgehead atoms. The van der Waals surface area contributed by atoms with Crippen molar-refractivity contribution in [3.8, 4) is 0 Å². The third kappa shape index (κ3) is 2.27. The van der Waals surface area contributed by atoms with Gasteiger partial charge in [-0.3, -0.25) is 4.79 Å². The molecule has 1 heterocycles. The van der Waals surface area contributed by atoms with Crippen molar-refractivity contribution in [2.45, 2.75) is 20.8 Å². The molecule has 2 rings (SSSR count). The zero-order chi connectivity index (χ0) is 12.6. The van der Waals surface area contributed by atoms with Gasteiger partial charge < -0.3 is 4.42 Å². The van der Waals surface area contributed by atoms with Crippen molar-refractivity contribution in [1.29, 1.82) is 0 Å². The van der Waals surface area contributed by atoms with Gasteiger partial charge in [-0.2, -0.15) is 0 Å². The summed E-state index contributed by atoms with van der Waals surface area (Å²) in [5.74, 6) is 0.868. The molecular formula is C14H13ClO2. The molecule has 0 saturated carbocycles. The zero-order valence-electron chi connectivity index (χ0n) is 10.0. The van der Waals surface area contributed by atoms with E-state index in [9.17, 15) is 4.79 Å². The van der Waals surface area contributed by atoms with Crippen molar-refractivity contribution in [1.82, 2.24) is 0 Å². The van der Waals surface area contributed by atoms with Crippen molar-refractivity contribution in [2.75, 3.05) is 0 Å². The Bertz CT molecular complexity index is 582. The lowest BCUT2D eigenvalue weighted by molar-refractivity contribution is 0.101. The lowest BCUT2D eigenvalue weighted by atomic mass is 10.0. The smallest absolute Gasteiger partial charge is 0.229 e. The second-order valence-electron chi connectivity index (χ2n) is 4.16. The van der Waals surface area contributed by atoms with Crippen LogP contribution in [-0.4, -0.2) is 5.78 Å². The first kappa shape index (κ1) is 11.9. The molecule has 0 saturated heterocycles. The van der Waals surface area contributed by atoms with Gasteiger partial charge in [-0.25, -0.2) is 0 Å². The third-order valence-electron chi connectivity index (χ3n) is 2.79. The molecule has 0 amide bonds. The maximum absolute atomic E-state index is 12.2. The number of furan rings is 1. The second-order valence-corrected chi connectivity index (χ2v) is 4.56. The summed E-state index contributed by atoms with van der Waals surface area (Å²) in [6.07, 6.45) is 0. The van der Waals surface area contributed by atoms with Crippen LogP contribution in [0.5, 0.6) is 0 Å². The SMILES string of the molecule is Cc1ccc(C(=O)c2cc(C)c(C)cc2Cl)o1. The highest BCUT2D eigenvalue weighted by molar-refractivity contribution is 6.34. The average molecular weight is 249 g/mol. The van der Waals surface area contributed by atoms with E-state index in [0.717, 1.165) is 11.1 Å². The van der Waals surface area contributed by atoms with Gasteiger partial charge in [0.1, 0.15) is 5.76 Å². The second kappa shape index (κ2) is 4.38. The van der Waals surface area contributed by atoms with E-state index in [1.54, 1.807) is 31.2 Å². The monoisotopic (exact) mass is 248 g/mol. The van der Waals surface area contributed by atoms with E-state index in [1.165, 1.54) is 0 Å². The Labute approximate surface area is 105 Å². The lowest BCUT2D eigenvalue weighted by Crippen LogP contribution is -2.02. The Balaban J connectivity index is 2.47. The van der Waals surface area contributed by atoms with Gasteiger partial charge in [0.25, 0.3) is 0 Å². The van der Waals surface area contributed by atoms with Gasteiger partial charge in [-0.15, -0.1) is 0 Å². The van der Waals surface area contributed by atoms with Gasteiger partial charge in [-0.1, -0.05) is 11.6 Å². The molecule has 1 aromatic heterocycles. The highest BCUT2D eigenvalue weighted by Gasteiger charge is 2.17. The van der Waals surface area contributed by atoms with Gasteiger partial charge in [0.05, 0.1) is 5.02 Å². The largest absolute Gasteiger partial charge is 0.458 e. The van der Waals surface area contributed by atoms with Crippen LogP contribution in [0.3, 0.4) is 0 Å². The van der Waals surface area contributed by atoms with Gasteiger partial charge >= 0.3 is 0 Å². The van der Waals surface area contributed by atoms with Crippen LogP contribution in [0, 0.1) is 20.8 Å². The molecule has 0 radical (unpaired) electrons. The number of benzene rings is 1. The summed E-state index contributed by atoms with van der Waals surface area (Å²) in [6, 6.07) is 7.04. The van der Waals surface area contributed by atoms with Crippen LogP contribution in [0.1, 0.15) is 33.0 Å². The van der Waals surface area contributed by atoms with Crippen molar-refractivity contribution in [2.24, 2.45) is 0 Å². The molecule has 0 aliphatic heterocycles. The molecule has 0 aliphatic rings. The minimum Gasteiger partial charge on any atom is -0.458 e. The van der Waals surface area contributed by atoms with E-state index >= 15 is 0 Å². The highest BCUT2D eigenvalue weighted by Crippen LogP contribution is 2.24. The maximum atomic E-state index is 12.2. The highest BCUT2D eigenvalue weighted by atomic mass is 35.5. The number of hydrogen-bond acceptors (Lipinski definition) is 2. The predicted octanol–water partition coefficient (Wildman–Crippen LogP) is 4.09. The number of hydrogen-bond donors (Lipinski definition) is 0. The molecule has 0 unspecified atom stereocenters. The quantitative estimate of drug-likeness (QED) is 0.750. The molecule has 3 heteroatoms. The number of rotatable bonds is 2. The van der Waals surface area contributed by atoms with E-state index in [4.69, 9.17) is 16.0 Å². The van der Waals surface area contributed by atoms with Crippen molar-refractivity contribution in [3.05, 3.63) is 57.5 Å². The fraction of sp³-hybridized carbons (Fsp3) is 0.214. The summed E-state index contributed by atoms with van der Waals surface area (Å²) < 4.78 is 5.32. The van der Waals surface area contributed by atoms with E-state index < -0.39 is 0 Å². The van der Waals surface area contributed by atoms with Crippen LogP contribution in [0.2, 0.25) is 5.02 Å². The summed E-state index contributed by atoms with van der Waals surface area (Å²) in [7, 11) is 0. The summed E-state index contributed by atoms with van der Waals surface area (Å²) in [5.41, 5.74) is 2.60. The first-order chi connectivity index (χ1) is 7.99. The average Bonchev–Trinajstić information content (AvgIpc) is 2.69. The minimum absolute atomic E-state index is 0.175. The summed E-state index contributed by atoms with van der Waals surface area (Å²) >= 11 is 6.09. The maximum Gasteiger partial charge on any atom is 0.229 e. The van der Waals surface area contributed by atoms with E-state index in [2.05, 4.69) is 0 Å². The topological polar surface area (TPSA) is 30.2 Å². The Kier molecular flexibility index (Phi) is 3.07. The molecule has 0 spiro atoms. The first-order valence-electron chi connectivity index (χ1n) is 5.37. The van der Waals surface area contributed by atoms with Crippen LogP contribution in [0.4, 0.5) is 0 Å². The fourth-order valence-corrected chi connectivity index (χ4v) is 1.95. The minimum atomic E-state index is -0.175. The molecule has 2 aromatic rings. The van der Waals surface area contributed by atoms with Gasteiger partial charge in [-0.05, 0) is 56.2 Å². The zero-order valence-corrected chi connectivity index (χ0v) is 10.8. The van der Waals surface area contributed by atoms with E-state index in [0.29, 0.717) is 22.1 Å². The molecule has 88 valence electrons. The Morgan fingerprint density at radius 2 is 1.76 bits per heavy atom. The normalized spacial score (nSPS) is 10.6. The molecule has 0 aliphatic carbocycles. The van der Waals surface area contributed by atoms with Gasteiger partial charge in [0, 0.05) is 5.56 Å². The van der Waals surface area contributed by atoms with E-state index in [1.807, 2.05) is 13.8 Å². The Morgan fingerprint density at radius 3 is 2.35 bits per heavy atom. The molecule has 0 fully saturated rings. The van der Waals surface area contributed by atoms with Crippen LogP contribution in [0.25, 0.3) is 0 Å². The van der Waals surface area contributed by atoms with Crippen molar-refractivity contribution in [3.63, 3.8) is 0 Å². The van der Waals surface area contributed by atoms with Crippen LogP contribution in [0.15, 0.2) is 28.7 Å². The summed E-state index contributed by atoms with van der Waals surface area (Å²) in [4.78, 5) is 12.2.